The van der Waals surface area contributed by atoms with Gasteiger partial charge in [-0.2, -0.15) is 0 Å². The van der Waals surface area contributed by atoms with E-state index in [1.54, 1.807) is 7.11 Å². The number of alkyl halides is 2. The average molecular weight is 1030 g/mol. The topological polar surface area (TPSA) is 83.1 Å². The van der Waals surface area contributed by atoms with Gasteiger partial charge in [-0.1, -0.05) is 171 Å². The normalized spacial score (nSPS) is 28.4. The summed E-state index contributed by atoms with van der Waals surface area (Å²) in [5.74, 6) is 0. The SMILES string of the molecule is CO[C@H]1O[C@H](COCc2ccccc2)[C@@H](O[C@@H]2O[C@H](CBr)[C@@H](O[Si](C)(C)C(C)(C)C)[C@H](O[Si](C)(C)C(C)(C)C)[C@H]2I)[C@H](OCc2ccccc2)[C@H]1OCc1ccccc1. The minimum absolute atomic E-state index is 0.0120. The summed E-state index contributed by atoms with van der Waals surface area (Å²) >= 11 is 6.31. The van der Waals surface area contributed by atoms with E-state index in [2.05, 4.69) is 131 Å². The molecule has 9 nitrogen and oxygen atoms in total. The van der Waals surface area contributed by atoms with E-state index in [1.807, 2.05) is 66.7 Å². The van der Waals surface area contributed by atoms with Crippen LogP contribution in [0.15, 0.2) is 91.0 Å². The molecule has 0 aromatic heterocycles. The maximum absolute atomic E-state index is 7.41. The molecular weight excluding hydrogens is 959 g/mol. The second-order valence-corrected chi connectivity index (χ2v) is 30.3. The van der Waals surface area contributed by atoms with Crippen molar-refractivity contribution in [1.29, 1.82) is 0 Å². The quantitative estimate of drug-likeness (QED) is 0.0703. The van der Waals surface area contributed by atoms with Gasteiger partial charge in [0.15, 0.2) is 29.2 Å². The fourth-order valence-electron chi connectivity index (χ4n) is 6.70. The fourth-order valence-corrected chi connectivity index (χ4v) is 11.0. The van der Waals surface area contributed by atoms with Gasteiger partial charge in [0.05, 0.1) is 48.7 Å². The molecule has 2 fully saturated rings. The Morgan fingerprint density at radius 3 is 1.47 bits per heavy atom. The van der Waals surface area contributed by atoms with Crippen LogP contribution in [0.5, 0.6) is 0 Å². The van der Waals surface area contributed by atoms with Crippen molar-refractivity contribution in [2.75, 3.05) is 19.0 Å². The lowest BCUT2D eigenvalue weighted by Gasteiger charge is -2.53. The Balaban J connectivity index is 1.54. The molecule has 59 heavy (non-hydrogen) atoms. The van der Waals surface area contributed by atoms with E-state index >= 15 is 0 Å². The number of benzene rings is 3. The zero-order chi connectivity index (χ0) is 43.0. The van der Waals surface area contributed by atoms with Gasteiger partial charge in [0.2, 0.25) is 0 Å². The van der Waals surface area contributed by atoms with Gasteiger partial charge in [-0.05, 0) is 53.0 Å². The molecule has 0 amide bonds. The average Bonchev–Trinajstić information content (AvgIpc) is 3.19. The van der Waals surface area contributed by atoms with Crippen LogP contribution < -0.4 is 0 Å². The van der Waals surface area contributed by atoms with Crippen molar-refractivity contribution in [1.82, 2.24) is 0 Å². The van der Waals surface area contributed by atoms with Gasteiger partial charge in [0.1, 0.15) is 24.4 Å². The first-order valence-corrected chi connectivity index (χ1v) is 29.0. The van der Waals surface area contributed by atoms with Crippen molar-refractivity contribution < 1.29 is 42.0 Å². The van der Waals surface area contributed by atoms with E-state index in [9.17, 15) is 0 Å². The van der Waals surface area contributed by atoms with Crippen LogP contribution in [0.25, 0.3) is 0 Å². The van der Waals surface area contributed by atoms with Gasteiger partial charge in [-0.15, -0.1) is 0 Å². The summed E-state index contributed by atoms with van der Waals surface area (Å²) < 4.78 is 61.7. The van der Waals surface area contributed by atoms with Crippen LogP contribution >= 0.6 is 38.5 Å². The molecule has 13 heteroatoms. The predicted molar refractivity (Wildman–Crippen MR) is 251 cm³/mol. The van der Waals surface area contributed by atoms with Crippen molar-refractivity contribution in [3.8, 4) is 0 Å². The highest BCUT2D eigenvalue weighted by Gasteiger charge is 2.56. The third-order valence-electron chi connectivity index (χ3n) is 12.3. The van der Waals surface area contributed by atoms with Gasteiger partial charge in [0, 0.05) is 12.4 Å². The maximum Gasteiger partial charge on any atom is 0.192 e. The fraction of sp³-hybridized carbons (Fsp3) is 0.609. The molecule has 0 N–H and O–H groups in total. The second-order valence-electron chi connectivity index (χ2n) is 18.7. The van der Waals surface area contributed by atoms with Crippen LogP contribution in [0.3, 0.4) is 0 Å². The molecule has 10 atom stereocenters. The minimum atomic E-state index is -2.32. The van der Waals surface area contributed by atoms with Crippen molar-refractivity contribution >= 4 is 55.2 Å². The summed E-state index contributed by atoms with van der Waals surface area (Å²) in [5, 5.41) is 0.499. The van der Waals surface area contributed by atoms with E-state index in [4.69, 9.17) is 42.0 Å². The van der Waals surface area contributed by atoms with E-state index in [1.165, 1.54) is 0 Å². The van der Waals surface area contributed by atoms with Gasteiger partial charge in [0.25, 0.3) is 0 Å². The van der Waals surface area contributed by atoms with E-state index in [-0.39, 0.29) is 38.9 Å². The molecule has 2 heterocycles. The molecule has 0 bridgehead atoms. The number of halogens is 2. The summed E-state index contributed by atoms with van der Waals surface area (Å²) in [4.78, 5) is 0. The third kappa shape index (κ3) is 13.0. The Hall–Kier alpha value is -1.06. The Labute approximate surface area is 378 Å². The molecule has 0 aliphatic carbocycles. The highest BCUT2D eigenvalue weighted by molar-refractivity contribution is 14.1. The Morgan fingerprint density at radius 1 is 0.576 bits per heavy atom. The molecule has 0 radical (unpaired) electrons. The summed E-state index contributed by atoms with van der Waals surface area (Å²) in [6, 6.07) is 30.4. The predicted octanol–water partition coefficient (Wildman–Crippen LogP) is 10.8. The molecule has 5 rings (SSSR count). The van der Waals surface area contributed by atoms with Crippen LogP contribution in [0.1, 0.15) is 58.2 Å². The smallest absolute Gasteiger partial charge is 0.192 e. The van der Waals surface area contributed by atoms with E-state index < -0.39 is 53.6 Å². The minimum Gasteiger partial charge on any atom is -0.410 e. The van der Waals surface area contributed by atoms with Crippen LogP contribution in [0.2, 0.25) is 36.3 Å². The zero-order valence-corrected chi connectivity index (χ0v) is 42.6. The summed E-state index contributed by atoms with van der Waals surface area (Å²) in [6.07, 6.45) is -5.05. The molecule has 0 saturated carbocycles. The Bertz CT molecular complexity index is 1680. The first-order chi connectivity index (χ1) is 27.8. The molecule has 328 valence electrons. The number of rotatable bonds is 18. The highest BCUT2D eigenvalue weighted by atomic mass is 127. The van der Waals surface area contributed by atoms with Crippen LogP contribution in [0.4, 0.5) is 0 Å². The summed E-state index contributed by atoms with van der Waals surface area (Å²) in [6.45, 7) is 24.1. The standard InChI is InChI=1S/C46H68BrIO9Si2/c1-45(2,3)58(8,9)56-39-35(27-47)53-43(37(48)40(39)57-59(10,11)46(4,5)6)55-38-36(31-50-28-32-21-15-12-16-22-32)54-44(49-7)42(52-30-34-25-19-14-20-26-34)41(38)51-29-33-23-17-13-18-24-33/h12-26,35-44H,27-31H2,1-11H3/t35-,36-,37-,38-,39-,40-,41+,42-,43+,44+/m1/s1. The maximum atomic E-state index is 7.41. The Kier molecular flexibility index (Phi) is 17.9. The van der Waals surface area contributed by atoms with E-state index in [0.717, 1.165) is 16.7 Å². The molecule has 2 aliphatic heterocycles. The number of methoxy groups -OCH3 is 1. The van der Waals surface area contributed by atoms with Crippen molar-refractivity contribution in [2.24, 2.45) is 0 Å². The third-order valence-corrected chi connectivity index (χ3v) is 23.2. The van der Waals surface area contributed by atoms with Gasteiger partial charge in [-0.25, -0.2) is 0 Å². The molecule has 3 aromatic carbocycles. The van der Waals surface area contributed by atoms with Crippen molar-refractivity contribution in [2.45, 2.75) is 157 Å². The summed E-state index contributed by atoms with van der Waals surface area (Å²) in [7, 11) is -2.95. The van der Waals surface area contributed by atoms with Crippen molar-refractivity contribution in [3.63, 3.8) is 0 Å². The van der Waals surface area contributed by atoms with Gasteiger partial charge >= 0.3 is 0 Å². The molecular formula is C46H68BrIO9Si2. The molecule has 2 saturated heterocycles. The van der Waals surface area contributed by atoms with Crippen LogP contribution in [-0.2, 0) is 61.8 Å². The summed E-state index contributed by atoms with van der Waals surface area (Å²) in [5.41, 5.74) is 3.11. The first kappa shape index (κ1) is 49.0. The highest BCUT2D eigenvalue weighted by Crippen LogP contribution is 2.45. The lowest BCUT2D eigenvalue weighted by atomic mass is 9.97. The first-order valence-electron chi connectivity index (χ1n) is 20.8. The van der Waals surface area contributed by atoms with Gasteiger partial charge < -0.3 is 42.0 Å². The van der Waals surface area contributed by atoms with E-state index in [0.29, 0.717) is 25.2 Å². The lowest BCUT2D eigenvalue weighted by Crippen LogP contribution is -2.67. The molecule has 2 aliphatic rings. The number of hydrogen-bond acceptors (Lipinski definition) is 9. The Morgan fingerprint density at radius 2 is 1.02 bits per heavy atom. The monoisotopic (exact) mass is 1030 g/mol. The van der Waals surface area contributed by atoms with Crippen molar-refractivity contribution in [3.05, 3.63) is 108 Å². The van der Waals surface area contributed by atoms with Gasteiger partial charge in [-0.3, -0.25) is 0 Å². The molecule has 0 spiro atoms. The molecule has 0 unspecified atom stereocenters. The van der Waals surface area contributed by atoms with Crippen LogP contribution in [0, 0.1) is 0 Å². The lowest BCUT2D eigenvalue weighted by molar-refractivity contribution is -0.347. The number of hydrogen-bond donors (Lipinski definition) is 0. The zero-order valence-electron chi connectivity index (χ0n) is 36.9. The number of ether oxygens (including phenoxy) is 7. The molecule has 3 aromatic rings. The van der Waals surface area contributed by atoms with Crippen LogP contribution in [-0.4, -0.2) is 94.9 Å². The largest absolute Gasteiger partial charge is 0.410 e. The second kappa shape index (κ2) is 21.5.